The number of aliphatic hydroxyl groups excluding tert-OH is 1. The largest absolute Gasteiger partial charge is 0.493 e. The van der Waals surface area contributed by atoms with Crippen LogP contribution in [0.15, 0.2) is 6.07 Å². The van der Waals surface area contributed by atoms with Gasteiger partial charge >= 0.3 is 0 Å². The van der Waals surface area contributed by atoms with Gasteiger partial charge in [0.05, 0.1) is 36.0 Å². The second-order valence-electron chi connectivity index (χ2n) is 8.79. The van der Waals surface area contributed by atoms with Gasteiger partial charge in [-0.1, -0.05) is 11.6 Å². The number of rotatable bonds is 4. The van der Waals surface area contributed by atoms with Crippen LogP contribution in [0.25, 0.3) is 0 Å². The first-order valence-electron chi connectivity index (χ1n) is 9.76. The molecule has 2 aliphatic rings. The molecule has 1 saturated heterocycles. The molecular weight excluding hydrogens is 366 g/mol. The van der Waals surface area contributed by atoms with Gasteiger partial charge in [-0.3, -0.25) is 4.90 Å². The zero-order valence-corrected chi connectivity index (χ0v) is 18.0. The SMILES string of the molecule is COc1cc2c(c(Cl)c1OC(C)C)CCN1C[C@@H](OC(C)(C)C)[C@H](O)C[C@H]21. The molecule has 3 atom stereocenters. The van der Waals surface area contributed by atoms with Crippen molar-refractivity contribution in [1.29, 1.82) is 0 Å². The summed E-state index contributed by atoms with van der Waals surface area (Å²) in [7, 11) is 1.63. The molecule has 1 fully saturated rings. The monoisotopic (exact) mass is 397 g/mol. The van der Waals surface area contributed by atoms with E-state index in [9.17, 15) is 5.11 Å². The Morgan fingerprint density at radius 1 is 1.30 bits per heavy atom. The van der Waals surface area contributed by atoms with Gasteiger partial charge in [-0.25, -0.2) is 0 Å². The summed E-state index contributed by atoms with van der Waals surface area (Å²) < 4.78 is 17.6. The van der Waals surface area contributed by atoms with E-state index in [0.29, 0.717) is 29.5 Å². The third kappa shape index (κ3) is 4.37. The molecule has 0 saturated carbocycles. The maximum absolute atomic E-state index is 10.7. The van der Waals surface area contributed by atoms with Crippen molar-refractivity contribution in [2.75, 3.05) is 20.2 Å². The summed E-state index contributed by atoms with van der Waals surface area (Å²) in [4.78, 5) is 2.39. The first kappa shape index (κ1) is 20.7. The van der Waals surface area contributed by atoms with Gasteiger partial charge in [-0.15, -0.1) is 0 Å². The predicted octanol–water partition coefficient (Wildman–Crippen LogP) is 3.98. The van der Waals surface area contributed by atoms with E-state index in [4.69, 9.17) is 25.8 Å². The first-order valence-corrected chi connectivity index (χ1v) is 10.1. The van der Waals surface area contributed by atoms with Crippen LogP contribution in [-0.2, 0) is 11.2 Å². The lowest BCUT2D eigenvalue weighted by Crippen LogP contribution is -2.53. The minimum Gasteiger partial charge on any atom is -0.493 e. The Kier molecular flexibility index (Phi) is 5.97. The normalized spacial score (nSPS) is 25.9. The maximum Gasteiger partial charge on any atom is 0.180 e. The number of fused-ring (bicyclic) bond motifs is 3. The lowest BCUT2D eigenvalue weighted by molar-refractivity contribution is -0.149. The molecule has 152 valence electrons. The summed E-state index contributed by atoms with van der Waals surface area (Å²) in [6, 6.07) is 2.15. The standard InChI is InChI=1S/C21H32ClNO4/c1-12(2)26-20-17(25-6)9-14-13(19(20)22)7-8-23-11-18(27-21(3,4)5)16(24)10-15(14)23/h9,12,15-16,18,24H,7-8,10-11H2,1-6H3/t15-,16-,18-/m1/s1. The highest BCUT2D eigenvalue weighted by atomic mass is 35.5. The third-order valence-corrected chi connectivity index (χ3v) is 5.56. The summed E-state index contributed by atoms with van der Waals surface area (Å²) in [6.07, 6.45) is 0.803. The predicted molar refractivity (Wildman–Crippen MR) is 107 cm³/mol. The molecule has 0 bridgehead atoms. The van der Waals surface area contributed by atoms with Gasteiger partial charge in [-0.2, -0.15) is 0 Å². The summed E-state index contributed by atoms with van der Waals surface area (Å²) in [6.45, 7) is 11.6. The highest BCUT2D eigenvalue weighted by Gasteiger charge is 2.41. The fourth-order valence-electron chi connectivity index (χ4n) is 4.12. The van der Waals surface area contributed by atoms with Crippen molar-refractivity contribution in [3.05, 3.63) is 22.2 Å². The average molecular weight is 398 g/mol. The lowest BCUT2D eigenvalue weighted by atomic mass is 9.84. The smallest absolute Gasteiger partial charge is 0.180 e. The van der Waals surface area contributed by atoms with Crippen LogP contribution in [0.1, 0.15) is 58.2 Å². The second-order valence-corrected chi connectivity index (χ2v) is 9.17. The van der Waals surface area contributed by atoms with E-state index in [1.165, 1.54) is 0 Å². The summed E-state index contributed by atoms with van der Waals surface area (Å²) in [5, 5.41) is 11.4. The van der Waals surface area contributed by atoms with Gasteiger partial charge in [0.15, 0.2) is 11.5 Å². The van der Waals surface area contributed by atoms with Crippen LogP contribution in [0.2, 0.25) is 5.02 Å². The van der Waals surface area contributed by atoms with E-state index in [-0.39, 0.29) is 23.9 Å². The molecule has 0 aromatic heterocycles. The Bertz CT molecular complexity index is 686. The highest BCUT2D eigenvalue weighted by Crippen LogP contribution is 2.47. The van der Waals surface area contributed by atoms with Gasteiger partial charge in [0.25, 0.3) is 0 Å². The molecule has 5 nitrogen and oxygen atoms in total. The molecule has 1 aromatic rings. The molecule has 0 unspecified atom stereocenters. The third-order valence-electron chi connectivity index (χ3n) is 5.16. The van der Waals surface area contributed by atoms with E-state index < -0.39 is 6.10 Å². The molecule has 1 N–H and O–H groups in total. The van der Waals surface area contributed by atoms with Gasteiger partial charge in [-0.05, 0) is 64.7 Å². The fraction of sp³-hybridized carbons (Fsp3) is 0.714. The van der Waals surface area contributed by atoms with Crippen molar-refractivity contribution in [2.45, 2.75) is 77.4 Å². The summed E-state index contributed by atoms with van der Waals surface area (Å²) in [5.74, 6) is 1.27. The molecule has 0 spiro atoms. The summed E-state index contributed by atoms with van der Waals surface area (Å²) >= 11 is 6.73. The van der Waals surface area contributed by atoms with E-state index in [0.717, 1.165) is 24.1 Å². The van der Waals surface area contributed by atoms with Crippen LogP contribution in [0.5, 0.6) is 11.5 Å². The number of hydrogen-bond acceptors (Lipinski definition) is 5. The molecule has 0 amide bonds. The zero-order valence-electron chi connectivity index (χ0n) is 17.2. The number of hydrogen-bond donors (Lipinski definition) is 1. The average Bonchev–Trinajstić information content (AvgIpc) is 2.56. The molecule has 3 rings (SSSR count). The Morgan fingerprint density at radius 2 is 2.00 bits per heavy atom. The number of benzene rings is 1. The van der Waals surface area contributed by atoms with Crippen molar-refractivity contribution < 1.29 is 19.3 Å². The Balaban J connectivity index is 1.92. The van der Waals surface area contributed by atoms with Crippen molar-refractivity contribution in [3.8, 4) is 11.5 Å². The lowest BCUT2D eigenvalue weighted by Gasteiger charge is -2.47. The van der Waals surface area contributed by atoms with Crippen molar-refractivity contribution >= 4 is 11.6 Å². The van der Waals surface area contributed by atoms with Crippen molar-refractivity contribution in [3.63, 3.8) is 0 Å². The number of nitrogens with zero attached hydrogens (tertiary/aromatic N) is 1. The molecule has 0 radical (unpaired) electrons. The number of piperidine rings is 1. The van der Waals surface area contributed by atoms with Crippen LogP contribution in [-0.4, -0.2) is 54.1 Å². The Morgan fingerprint density at radius 3 is 2.59 bits per heavy atom. The van der Waals surface area contributed by atoms with Crippen LogP contribution in [0, 0.1) is 0 Å². The molecule has 2 heterocycles. The minimum atomic E-state index is -0.507. The number of methoxy groups -OCH3 is 1. The second kappa shape index (κ2) is 7.78. The zero-order chi connectivity index (χ0) is 19.9. The van der Waals surface area contributed by atoms with E-state index in [2.05, 4.69) is 4.90 Å². The van der Waals surface area contributed by atoms with Gasteiger partial charge in [0.2, 0.25) is 0 Å². The molecule has 0 aliphatic carbocycles. The summed E-state index contributed by atoms with van der Waals surface area (Å²) in [5.41, 5.74) is 1.96. The molecule has 27 heavy (non-hydrogen) atoms. The number of halogens is 1. The van der Waals surface area contributed by atoms with Gasteiger partial charge in [0.1, 0.15) is 0 Å². The fourth-order valence-corrected chi connectivity index (χ4v) is 4.46. The van der Waals surface area contributed by atoms with Gasteiger partial charge in [0, 0.05) is 19.1 Å². The van der Waals surface area contributed by atoms with Crippen LogP contribution in [0.4, 0.5) is 0 Å². The van der Waals surface area contributed by atoms with Crippen molar-refractivity contribution in [1.82, 2.24) is 4.90 Å². The highest BCUT2D eigenvalue weighted by molar-refractivity contribution is 6.33. The van der Waals surface area contributed by atoms with Crippen LogP contribution < -0.4 is 9.47 Å². The molecular formula is C21H32ClNO4. The van der Waals surface area contributed by atoms with Crippen LogP contribution >= 0.6 is 11.6 Å². The Labute approximate surface area is 167 Å². The maximum atomic E-state index is 10.7. The minimum absolute atomic E-state index is 0.0151. The Hall–Kier alpha value is -1.01. The number of aliphatic hydroxyl groups is 1. The first-order chi connectivity index (χ1) is 12.6. The van der Waals surface area contributed by atoms with Crippen LogP contribution in [0.3, 0.4) is 0 Å². The molecule has 1 aromatic carbocycles. The molecule has 6 heteroatoms. The van der Waals surface area contributed by atoms with Gasteiger partial charge < -0.3 is 19.3 Å². The topological polar surface area (TPSA) is 51.2 Å². The van der Waals surface area contributed by atoms with Crippen molar-refractivity contribution in [2.24, 2.45) is 0 Å². The van der Waals surface area contributed by atoms with E-state index in [1.54, 1.807) is 7.11 Å². The molecule has 2 aliphatic heterocycles. The number of ether oxygens (including phenoxy) is 3. The van der Waals surface area contributed by atoms with E-state index >= 15 is 0 Å². The van der Waals surface area contributed by atoms with E-state index in [1.807, 2.05) is 40.7 Å². The quantitative estimate of drug-likeness (QED) is 0.832.